The predicted octanol–water partition coefficient (Wildman–Crippen LogP) is 10.0. The highest BCUT2D eigenvalue weighted by Crippen LogP contribution is 2.48. The fraction of sp³-hybridized carbons (Fsp3) is 0.733. The van der Waals surface area contributed by atoms with E-state index >= 15 is 0 Å². The molecule has 0 heterocycles. The Kier molecular flexibility index (Phi) is 17.0. The van der Waals surface area contributed by atoms with Crippen LogP contribution in [-0.2, 0) is 9.47 Å². The minimum atomic E-state index is -6.49. The number of unbranched alkanes of at least 4 members (excludes halogenated alkanes) is 14. The Morgan fingerprint density at radius 2 is 1.07 bits per heavy atom. The molecule has 0 aliphatic heterocycles. The van der Waals surface area contributed by atoms with E-state index in [0.29, 0.717) is 6.42 Å². The van der Waals surface area contributed by atoms with E-state index in [1.54, 1.807) is 0 Å². The SMILES string of the molecule is CCCCCCCCCCCCCCCCCOC(=O)c1cccc(C(=O)OCC(F)(F)C(F)(F)C(F)(F)C(F)F)c1. The van der Waals surface area contributed by atoms with Crippen LogP contribution in [0.25, 0.3) is 0 Å². The summed E-state index contributed by atoms with van der Waals surface area (Å²) in [6, 6.07) is 4.30. The molecule has 0 radical (unpaired) electrons. The lowest BCUT2D eigenvalue weighted by atomic mass is 10.0. The van der Waals surface area contributed by atoms with Crippen LogP contribution >= 0.6 is 0 Å². The smallest absolute Gasteiger partial charge is 0.381 e. The van der Waals surface area contributed by atoms with Crippen molar-refractivity contribution in [2.45, 2.75) is 127 Å². The Hall–Kier alpha value is -2.40. The average Bonchev–Trinajstić information content (AvgIpc) is 2.95. The summed E-state index contributed by atoms with van der Waals surface area (Å²) in [5.74, 6) is -21.1. The lowest BCUT2D eigenvalue weighted by Crippen LogP contribution is -2.59. The van der Waals surface area contributed by atoms with E-state index < -0.39 is 48.3 Å². The van der Waals surface area contributed by atoms with Crippen LogP contribution in [-0.4, -0.2) is 49.3 Å². The van der Waals surface area contributed by atoms with E-state index in [1.807, 2.05) is 0 Å². The van der Waals surface area contributed by atoms with E-state index in [-0.39, 0.29) is 12.2 Å². The van der Waals surface area contributed by atoms with Gasteiger partial charge in [0, 0.05) is 0 Å². The van der Waals surface area contributed by atoms with Crippen LogP contribution in [0.5, 0.6) is 0 Å². The van der Waals surface area contributed by atoms with E-state index in [9.17, 15) is 44.7 Å². The molecule has 0 unspecified atom stereocenters. The van der Waals surface area contributed by atoms with Gasteiger partial charge in [0.05, 0.1) is 17.7 Å². The molecule has 0 bridgehead atoms. The number of carbonyl (C=O) groups excluding carboxylic acids is 2. The van der Waals surface area contributed by atoms with Gasteiger partial charge in [-0.05, 0) is 24.6 Å². The molecule has 1 aromatic carbocycles. The Morgan fingerprint density at radius 1 is 0.667 bits per heavy atom. The van der Waals surface area contributed by atoms with Crippen LogP contribution in [0.1, 0.15) is 124 Å². The minimum Gasteiger partial charge on any atom is -0.462 e. The molecule has 242 valence electrons. The topological polar surface area (TPSA) is 52.6 Å². The molecule has 42 heavy (non-hydrogen) atoms. The van der Waals surface area contributed by atoms with Gasteiger partial charge >= 0.3 is 36.1 Å². The van der Waals surface area contributed by atoms with Crippen LogP contribution in [0.2, 0.25) is 0 Å². The molecule has 0 amide bonds. The van der Waals surface area contributed by atoms with Crippen LogP contribution in [0.15, 0.2) is 24.3 Å². The summed E-state index contributed by atoms with van der Waals surface area (Å²) in [7, 11) is 0. The Morgan fingerprint density at radius 3 is 1.50 bits per heavy atom. The summed E-state index contributed by atoms with van der Waals surface area (Å²) < 4.78 is 113. The van der Waals surface area contributed by atoms with Gasteiger partial charge in [-0.25, -0.2) is 18.4 Å². The van der Waals surface area contributed by atoms with Crippen molar-refractivity contribution >= 4 is 11.9 Å². The molecule has 0 atom stereocenters. The molecule has 12 heteroatoms. The number of hydrogen-bond donors (Lipinski definition) is 0. The highest BCUT2D eigenvalue weighted by molar-refractivity contribution is 5.95. The van der Waals surface area contributed by atoms with Crippen molar-refractivity contribution in [2.75, 3.05) is 13.2 Å². The second-order valence-corrected chi connectivity index (χ2v) is 10.4. The van der Waals surface area contributed by atoms with Gasteiger partial charge < -0.3 is 9.47 Å². The van der Waals surface area contributed by atoms with Gasteiger partial charge in [0.1, 0.15) is 0 Å². The molecule has 0 aliphatic rings. The molecule has 1 rings (SSSR count). The van der Waals surface area contributed by atoms with Gasteiger partial charge in [0.25, 0.3) is 0 Å². The van der Waals surface area contributed by atoms with Gasteiger partial charge in [0.15, 0.2) is 6.61 Å². The van der Waals surface area contributed by atoms with Crippen molar-refractivity contribution in [1.82, 2.24) is 0 Å². The van der Waals surface area contributed by atoms with Crippen LogP contribution in [0, 0.1) is 0 Å². The van der Waals surface area contributed by atoms with Crippen molar-refractivity contribution in [3.8, 4) is 0 Å². The van der Waals surface area contributed by atoms with E-state index in [0.717, 1.165) is 37.8 Å². The molecule has 0 spiro atoms. The molecule has 0 fully saturated rings. The largest absolute Gasteiger partial charge is 0.462 e. The average molecular weight is 619 g/mol. The molecule has 1 aromatic rings. The maximum Gasteiger partial charge on any atom is 0.381 e. The number of esters is 2. The zero-order valence-electron chi connectivity index (χ0n) is 24.1. The molecule has 0 aromatic heterocycles. The lowest BCUT2D eigenvalue weighted by Gasteiger charge is -2.31. The van der Waals surface area contributed by atoms with E-state index in [4.69, 9.17) is 4.74 Å². The first-order chi connectivity index (χ1) is 19.8. The van der Waals surface area contributed by atoms with Gasteiger partial charge in [-0.15, -0.1) is 0 Å². The second-order valence-electron chi connectivity index (χ2n) is 10.4. The number of benzene rings is 1. The van der Waals surface area contributed by atoms with Crippen molar-refractivity contribution < 1.29 is 54.2 Å². The zero-order chi connectivity index (χ0) is 31.7. The Labute approximate surface area is 242 Å². The molecular weight excluding hydrogens is 576 g/mol. The van der Waals surface area contributed by atoms with Crippen LogP contribution < -0.4 is 0 Å². The number of rotatable bonds is 23. The van der Waals surface area contributed by atoms with Gasteiger partial charge in [0.2, 0.25) is 0 Å². The normalized spacial score (nSPS) is 12.5. The zero-order valence-corrected chi connectivity index (χ0v) is 24.1. The van der Waals surface area contributed by atoms with Crippen molar-refractivity contribution in [1.29, 1.82) is 0 Å². The first-order valence-corrected chi connectivity index (χ1v) is 14.6. The predicted molar refractivity (Wildman–Crippen MR) is 143 cm³/mol. The number of alkyl halides is 8. The summed E-state index contributed by atoms with van der Waals surface area (Å²) in [4.78, 5) is 24.2. The first-order valence-electron chi connectivity index (χ1n) is 14.6. The molecule has 0 saturated carbocycles. The van der Waals surface area contributed by atoms with E-state index in [1.165, 1.54) is 76.3 Å². The third kappa shape index (κ3) is 12.5. The second kappa shape index (κ2) is 19.0. The highest BCUT2D eigenvalue weighted by atomic mass is 19.4. The number of halogens is 8. The maximum absolute atomic E-state index is 13.6. The van der Waals surface area contributed by atoms with Gasteiger partial charge in [-0.3, -0.25) is 0 Å². The van der Waals surface area contributed by atoms with Crippen molar-refractivity contribution in [3.63, 3.8) is 0 Å². The van der Waals surface area contributed by atoms with Crippen molar-refractivity contribution in [2.24, 2.45) is 0 Å². The molecule has 0 N–H and O–H groups in total. The van der Waals surface area contributed by atoms with Gasteiger partial charge in [-0.2, -0.15) is 26.3 Å². The maximum atomic E-state index is 13.6. The highest BCUT2D eigenvalue weighted by Gasteiger charge is 2.75. The molecule has 0 saturated heterocycles. The number of hydrogen-bond acceptors (Lipinski definition) is 4. The Bertz CT molecular complexity index is 924. The number of carbonyl (C=O) groups is 2. The third-order valence-electron chi connectivity index (χ3n) is 6.85. The monoisotopic (exact) mass is 618 g/mol. The Balaban J connectivity index is 2.30. The standard InChI is InChI=1S/C30H42F8O4/c1-2-3-4-5-6-7-8-9-10-11-12-13-14-15-16-20-41-25(39)23-18-17-19-24(21-23)26(40)42-22-28(33,34)30(37,38)29(35,36)27(31)32/h17-19,21,27H,2-16,20,22H2,1H3. The molecule has 0 aliphatic carbocycles. The molecular formula is C30H42F8O4. The van der Waals surface area contributed by atoms with E-state index in [2.05, 4.69) is 11.7 Å². The summed E-state index contributed by atoms with van der Waals surface area (Å²) in [6.07, 6.45) is 12.5. The number of ether oxygens (including phenoxy) is 2. The quantitative estimate of drug-likeness (QED) is 0.0696. The fourth-order valence-corrected chi connectivity index (χ4v) is 4.21. The third-order valence-corrected chi connectivity index (χ3v) is 6.85. The van der Waals surface area contributed by atoms with Gasteiger partial charge in [-0.1, -0.05) is 103 Å². The molecule has 4 nitrogen and oxygen atoms in total. The summed E-state index contributed by atoms with van der Waals surface area (Å²) in [6.45, 7) is -0.272. The fourth-order valence-electron chi connectivity index (χ4n) is 4.21. The summed E-state index contributed by atoms with van der Waals surface area (Å²) in [5.41, 5.74) is -0.692. The minimum absolute atomic E-state index is 0.103. The summed E-state index contributed by atoms with van der Waals surface area (Å²) in [5, 5.41) is 0. The van der Waals surface area contributed by atoms with Crippen LogP contribution in [0.3, 0.4) is 0 Å². The van der Waals surface area contributed by atoms with Crippen molar-refractivity contribution in [3.05, 3.63) is 35.4 Å². The lowest BCUT2D eigenvalue weighted by molar-refractivity contribution is -0.343. The van der Waals surface area contributed by atoms with Crippen LogP contribution in [0.4, 0.5) is 35.1 Å². The first kappa shape index (κ1) is 37.6. The summed E-state index contributed by atoms with van der Waals surface area (Å²) >= 11 is 0.